The number of halogens is 1. The molecule has 2 aromatic carbocycles. The third kappa shape index (κ3) is 6.39. The second kappa shape index (κ2) is 11.5. The highest BCUT2D eigenvalue weighted by Crippen LogP contribution is 2.33. The first-order valence-electron chi connectivity index (χ1n) is 11.3. The van der Waals surface area contributed by atoms with Gasteiger partial charge in [-0.25, -0.2) is 0 Å². The Balaban J connectivity index is 0.00000342. The molecule has 35 heavy (non-hydrogen) atoms. The maximum absolute atomic E-state index is 12.0. The molecule has 1 aliphatic rings. The first kappa shape index (κ1) is 27.1. The molecule has 1 unspecified atom stereocenters. The van der Waals surface area contributed by atoms with Gasteiger partial charge in [-0.1, -0.05) is 6.07 Å². The minimum Gasteiger partial charge on any atom is -0.506 e. The number of aromatic hydroxyl groups is 1. The van der Waals surface area contributed by atoms with Crippen LogP contribution < -0.4 is 14.8 Å². The third-order valence-corrected chi connectivity index (χ3v) is 7.38. The Morgan fingerprint density at radius 2 is 1.91 bits per heavy atom. The summed E-state index contributed by atoms with van der Waals surface area (Å²) in [5, 5.41) is 24.7. The number of hydrogen-bond donors (Lipinski definition) is 4. The van der Waals surface area contributed by atoms with Crippen LogP contribution in [0.3, 0.4) is 0 Å². The zero-order chi connectivity index (χ0) is 24.3. The number of aliphatic hydroxyl groups is 1. The maximum atomic E-state index is 12.0. The molecule has 0 bridgehead atoms. The summed E-state index contributed by atoms with van der Waals surface area (Å²) in [5.74, 6) is 1.61. The van der Waals surface area contributed by atoms with Crippen LogP contribution in [-0.4, -0.2) is 56.7 Å². The molecule has 0 saturated heterocycles. The number of hydrogen-bond acceptors (Lipinski definition) is 7. The fraction of sp³-hybridized carbons (Fsp3) is 0.417. The van der Waals surface area contributed by atoms with Gasteiger partial charge in [0.1, 0.15) is 29.4 Å². The minimum absolute atomic E-state index is 0. The summed E-state index contributed by atoms with van der Waals surface area (Å²) in [7, 11) is -1.02. The van der Waals surface area contributed by atoms with Crippen molar-refractivity contribution in [3.63, 3.8) is 0 Å². The summed E-state index contributed by atoms with van der Waals surface area (Å²) in [6.07, 6.45) is 3.54. The lowest BCUT2D eigenvalue weighted by Gasteiger charge is -2.17. The molecule has 0 radical (unpaired) electrons. The van der Waals surface area contributed by atoms with Crippen molar-refractivity contribution in [2.45, 2.75) is 31.8 Å². The zero-order valence-electron chi connectivity index (χ0n) is 19.8. The Bertz CT molecular complexity index is 1260. The molecule has 0 aliphatic heterocycles. The SMILES string of the molecule is CN(C)S(=O)(=O)Nc1cc(C(O)CNCCOc2ccc3c4c(oc3c2)CCCC4)ccc1O.Cl. The van der Waals surface area contributed by atoms with Gasteiger partial charge < -0.3 is 24.7 Å². The molecular formula is C24H32ClN3O6S. The van der Waals surface area contributed by atoms with Crippen molar-refractivity contribution in [3.8, 4) is 11.5 Å². The van der Waals surface area contributed by atoms with Gasteiger partial charge in [0.15, 0.2) is 0 Å². The Hall–Kier alpha value is -2.50. The van der Waals surface area contributed by atoms with Crippen molar-refractivity contribution in [2.75, 3.05) is 38.5 Å². The predicted octanol–water partition coefficient (Wildman–Crippen LogP) is 3.36. The smallest absolute Gasteiger partial charge is 0.301 e. The molecule has 0 amide bonds. The van der Waals surface area contributed by atoms with E-state index in [1.807, 2.05) is 12.1 Å². The fourth-order valence-electron chi connectivity index (χ4n) is 4.00. The molecule has 1 heterocycles. The third-order valence-electron chi connectivity index (χ3n) is 5.94. The van der Waals surface area contributed by atoms with Gasteiger partial charge >= 0.3 is 10.2 Å². The highest BCUT2D eigenvalue weighted by Gasteiger charge is 2.19. The number of fused-ring (bicyclic) bond motifs is 3. The number of aliphatic hydroxyl groups excluding tert-OH is 1. The number of nitrogens with one attached hydrogen (secondary N) is 2. The largest absolute Gasteiger partial charge is 0.506 e. The highest BCUT2D eigenvalue weighted by atomic mass is 35.5. The van der Waals surface area contributed by atoms with Crippen molar-refractivity contribution < 1.29 is 27.8 Å². The Labute approximate surface area is 211 Å². The number of benzene rings is 2. The lowest BCUT2D eigenvalue weighted by molar-refractivity contribution is 0.172. The molecule has 4 N–H and O–H groups in total. The van der Waals surface area contributed by atoms with E-state index in [0.717, 1.165) is 34.2 Å². The number of phenols is 1. The van der Waals surface area contributed by atoms with Crippen molar-refractivity contribution in [1.82, 2.24) is 9.62 Å². The molecule has 4 rings (SSSR count). The summed E-state index contributed by atoms with van der Waals surface area (Å²) in [5.41, 5.74) is 2.66. The molecule has 11 heteroatoms. The van der Waals surface area contributed by atoms with E-state index in [0.29, 0.717) is 18.7 Å². The second-order valence-electron chi connectivity index (χ2n) is 8.60. The number of phenolic OH excluding ortho intramolecular Hbond substituents is 1. The van der Waals surface area contributed by atoms with Crippen LogP contribution >= 0.6 is 12.4 Å². The van der Waals surface area contributed by atoms with Crippen LogP contribution in [0.5, 0.6) is 11.5 Å². The van der Waals surface area contributed by atoms with E-state index in [2.05, 4.69) is 16.1 Å². The molecule has 0 fully saturated rings. The molecule has 192 valence electrons. The summed E-state index contributed by atoms with van der Waals surface area (Å²) in [4.78, 5) is 0. The van der Waals surface area contributed by atoms with Gasteiger partial charge in [0.25, 0.3) is 0 Å². The molecule has 3 aromatic rings. The number of nitrogens with zero attached hydrogens (tertiary/aromatic N) is 1. The van der Waals surface area contributed by atoms with Gasteiger partial charge in [-0.15, -0.1) is 12.4 Å². The summed E-state index contributed by atoms with van der Waals surface area (Å²) in [6.45, 7) is 1.14. The molecule has 1 atom stereocenters. The van der Waals surface area contributed by atoms with Crippen molar-refractivity contribution in [3.05, 3.63) is 53.3 Å². The van der Waals surface area contributed by atoms with E-state index in [1.165, 1.54) is 50.0 Å². The molecule has 1 aliphatic carbocycles. The predicted molar refractivity (Wildman–Crippen MR) is 138 cm³/mol. The standard InChI is InChI=1S/C24H31N3O6S.ClH/c1-27(2)34(30,31)26-20-13-16(7-10-21(20)28)22(29)15-25-11-12-32-17-8-9-19-18-5-3-4-6-23(18)33-24(19)14-17;/h7-10,13-14,22,25-26,28-29H,3-6,11-12,15H2,1-2H3;1H. The Kier molecular flexibility index (Phi) is 8.89. The van der Waals surface area contributed by atoms with E-state index in [-0.39, 0.29) is 30.4 Å². The van der Waals surface area contributed by atoms with Gasteiger partial charge in [0.2, 0.25) is 0 Å². The number of furan rings is 1. The molecule has 0 spiro atoms. The normalized spacial score (nSPS) is 14.4. The summed E-state index contributed by atoms with van der Waals surface area (Å²) < 4.78 is 39.2. The molecule has 0 saturated carbocycles. The first-order valence-corrected chi connectivity index (χ1v) is 12.8. The monoisotopic (exact) mass is 525 g/mol. The zero-order valence-corrected chi connectivity index (χ0v) is 21.4. The van der Waals surface area contributed by atoms with Gasteiger partial charge in [-0.05, 0) is 49.1 Å². The lowest BCUT2D eigenvalue weighted by atomic mass is 9.96. The maximum Gasteiger partial charge on any atom is 0.301 e. The van der Waals surface area contributed by atoms with Crippen LogP contribution in [-0.2, 0) is 23.1 Å². The highest BCUT2D eigenvalue weighted by molar-refractivity contribution is 7.90. The Morgan fingerprint density at radius 3 is 2.69 bits per heavy atom. The minimum atomic E-state index is -3.78. The fourth-order valence-corrected chi connectivity index (χ4v) is 4.63. The molecular weight excluding hydrogens is 494 g/mol. The number of aryl methyl sites for hydroxylation is 2. The number of ether oxygens (including phenoxy) is 1. The number of anilines is 1. The van der Waals surface area contributed by atoms with E-state index in [9.17, 15) is 18.6 Å². The average molecular weight is 526 g/mol. The van der Waals surface area contributed by atoms with Crippen molar-refractivity contribution in [2.24, 2.45) is 0 Å². The van der Waals surface area contributed by atoms with E-state index >= 15 is 0 Å². The number of rotatable bonds is 10. The van der Waals surface area contributed by atoms with Crippen LogP contribution in [0.2, 0.25) is 0 Å². The van der Waals surface area contributed by atoms with Crippen LogP contribution in [0.4, 0.5) is 5.69 Å². The topological polar surface area (TPSA) is 124 Å². The van der Waals surface area contributed by atoms with Crippen molar-refractivity contribution in [1.29, 1.82) is 0 Å². The van der Waals surface area contributed by atoms with Crippen LogP contribution in [0, 0.1) is 0 Å². The Morgan fingerprint density at radius 1 is 1.14 bits per heavy atom. The average Bonchev–Trinajstić information content (AvgIpc) is 3.17. The van der Waals surface area contributed by atoms with Gasteiger partial charge in [0.05, 0.1) is 11.8 Å². The van der Waals surface area contributed by atoms with Crippen LogP contribution in [0.15, 0.2) is 40.8 Å². The van der Waals surface area contributed by atoms with Crippen LogP contribution in [0.25, 0.3) is 11.0 Å². The molecule has 1 aromatic heterocycles. The van der Waals surface area contributed by atoms with Gasteiger partial charge in [0, 0.05) is 50.6 Å². The first-order chi connectivity index (χ1) is 16.2. The van der Waals surface area contributed by atoms with Gasteiger partial charge in [-0.3, -0.25) is 4.72 Å². The lowest BCUT2D eigenvalue weighted by Crippen LogP contribution is -2.29. The second-order valence-corrected chi connectivity index (χ2v) is 10.5. The van der Waals surface area contributed by atoms with E-state index in [4.69, 9.17) is 9.15 Å². The van der Waals surface area contributed by atoms with E-state index < -0.39 is 16.3 Å². The van der Waals surface area contributed by atoms with Crippen molar-refractivity contribution >= 4 is 39.3 Å². The summed E-state index contributed by atoms with van der Waals surface area (Å²) in [6, 6.07) is 10.2. The summed E-state index contributed by atoms with van der Waals surface area (Å²) >= 11 is 0. The molecule has 9 nitrogen and oxygen atoms in total. The van der Waals surface area contributed by atoms with E-state index in [1.54, 1.807) is 6.07 Å². The van der Waals surface area contributed by atoms with Gasteiger partial charge in [-0.2, -0.15) is 12.7 Å². The quantitative estimate of drug-likeness (QED) is 0.236. The van der Waals surface area contributed by atoms with Crippen LogP contribution in [0.1, 0.15) is 35.8 Å².